The number of nitrogens with one attached hydrogen (secondary N) is 1. The lowest BCUT2D eigenvalue weighted by Crippen LogP contribution is -2.47. The minimum Gasteiger partial charge on any atom is -0.444 e. The van der Waals surface area contributed by atoms with E-state index in [4.69, 9.17) is 15.0 Å². The SMILES string of the molecule is CC(C)(C)OC(=O)N1CCC[C@H](Nc2nc3ccccc3n2Cc2ccc(C#N)cc2)C1. The van der Waals surface area contributed by atoms with Crippen molar-refractivity contribution in [1.29, 1.82) is 5.26 Å². The number of hydrogen-bond acceptors (Lipinski definition) is 5. The van der Waals surface area contributed by atoms with Crippen molar-refractivity contribution in [3.63, 3.8) is 0 Å². The summed E-state index contributed by atoms with van der Waals surface area (Å²) in [6, 6.07) is 17.9. The van der Waals surface area contributed by atoms with Crippen LogP contribution in [0.2, 0.25) is 0 Å². The quantitative estimate of drug-likeness (QED) is 0.643. The van der Waals surface area contributed by atoms with Crippen LogP contribution in [0.4, 0.5) is 10.7 Å². The minimum atomic E-state index is -0.507. The highest BCUT2D eigenvalue weighted by atomic mass is 16.6. The Morgan fingerprint density at radius 1 is 1.22 bits per heavy atom. The van der Waals surface area contributed by atoms with Gasteiger partial charge in [0, 0.05) is 19.1 Å². The highest BCUT2D eigenvalue weighted by molar-refractivity contribution is 5.79. The van der Waals surface area contributed by atoms with E-state index in [1.807, 2.05) is 63.2 Å². The number of aromatic nitrogens is 2. The number of fused-ring (bicyclic) bond motifs is 1. The first-order valence-electron chi connectivity index (χ1n) is 11.0. The number of carbonyl (C=O) groups is 1. The lowest BCUT2D eigenvalue weighted by molar-refractivity contribution is 0.0206. The van der Waals surface area contributed by atoms with Crippen molar-refractivity contribution in [2.75, 3.05) is 18.4 Å². The molecule has 2 aromatic carbocycles. The third kappa shape index (κ3) is 5.02. The zero-order valence-electron chi connectivity index (χ0n) is 18.8. The fourth-order valence-electron chi connectivity index (χ4n) is 3.98. The number of amides is 1. The molecule has 1 amide bonds. The van der Waals surface area contributed by atoms with E-state index >= 15 is 0 Å². The standard InChI is InChI=1S/C25H29N5O2/c1-25(2,3)32-24(31)29-14-6-7-20(17-29)27-23-28-21-8-4-5-9-22(21)30(23)16-19-12-10-18(15-26)11-13-19/h4-5,8-13,20H,6-7,14,16-17H2,1-3H3,(H,27,28)/t20-/m0/s1. The van der Waals surface area contributed by atoms with Gasteiger partial charge in [0.25, 0.3) is 0 Å². The molecule has 1 atom stereocenters. The Balaban J connectivity index is 1.55. The van der Waals surface area contributed by atoms with Gasteiger partial charge >= 0.3 is 6.09 Å². The molecule has 2 heterocycles. The second kappa shape index (κ2) is 8.91. The van der Waals surface area contributed by atoms with E-state index in [1.54, 1.807) is 4.90 Å². The molecule has 1 N–H and O–H groups in total. The van der Waals surface area contributed by atoms with Crippen LogP contribution in [0.25, 0.3) is 11.0 Å². The number of benzene rings is 2. The van der Waals surface area contributed by atoms with E-state index in [1.165, 1.54) is 0 Å². The van der Waals surface area contributed by atoms with Gasteiger partial charge in [-0.1, -0.05) is 24.3 Å². The number of nitrogens with zero attached hydrogens (tertiary/aromatic N) is 4. The number of imidazole rings is 1. The van der Waals surface area contributed by atoms with Gasteiger partial charge in [0.15, 0.2) is 0 Å². The number of para-hydroxylation sites is 2. The van der Waals surface area contributed by atoms with Gasteiger partial charge in [-0.05, 0) is 63.4 Å². The maximum atomic E-state index is 12.5. The van der Waals surface area contributed by atoms with Gasteiger partial charge in [-0.15, -0.1) is 0 Å². The van der Waals surface area contributed by atoms with Gasteiger partial charge in [-0.3, -0.25) is 0 Å². The summed E-state index contributed by atoms with van der Waals surface area (Å²) in [7, 11) is 0. The molecular formula is C25H29N5O2. The highest BCUT2D eigenvalue weighted by Gasteiger charge is 2.28. The number of hydrogen-bond donors (Lipinski definition) is 1. The van der Waals surface area contributed by atoms with E-state index in [2.05, 4.69) is 22.0 Å². The van der Waals surface area contributed by atoms with Crippen LogP contribution in [0.15, 0.2) is 48.5 Å². The maximum Gasteiger partial charge on any atom is 0.410 e. The average molecular weight is 432 g/mol. The molecule has 166 valence electrons. The van der Waals surface area contributed by atoms with Crippen LogP contribution in [0, 0.1) is 11.3 Å². The molecule has 1 aromatic heterocycles. The van der Waals surface area contributed by atoms with E-state index in [-0.39, 0.29) is 12.1 Å². The van der Waals surface area contributed by atoms with Crippen LogP contribution in [0.5, 0.6) is 0 Å². The van der Waals surface area contributed by atoms with Crippen molar-refractivity contribution in [3.05, 3.63) is 59.7 Å². The van der Waals surface area contributed by atoms with Crippen molar-refractivity contribution in [3.8, 4) is 6.07 Å². The zero-order chi connectivity index (χ0) is 22.7. The third-order valence-electron chi connectivity index (χ3n) is 5.48. The summed E-state index contributed by atoms with van der Waals surface area (Å²) in [6.45, 7) is 7.57. The molecule has 1 aliphatic heterocycles. The molecule has 0 bridgehead atoms. The van der Waals surface area contributed by atoms with Crippen molar-refractivity contribution in [2.45, 2.75) is 51.8 Å². The third-order valence-corrected chi connectivity index (χ3v) is 5.48. The predicted molar refractivity (Wildman–Crippen MR) is 124 cm³/mol. The van der Waals surface area contributed by atoms with Gasteiger partial charge in [0.1, 0.15) is 5.60 Å². The Morgan fingerprint density at radius 2 is 1.97 bits per heavy atom. The molecule has 1 saturated heterocycles. The van der Waals surface area contributed by atoms with Crippen molar-refractivity contribution < 1.29 is 9.53 Å². The molecule has 0 radical (unpaired) electrons. The Morgan fingerprint density at radius 3 is 2.69 bits per heavy atom. The zero-order valence-corrected chi connectivity index (χ0v) is 18.8. The van der Waals surface area contributed by atoms with Crippen LogP contribution in [0.1, 0.15) is 44.7 Å². The number of nitriles is 1. The fraction of sp³-hybridized carbons (Fsp3) is 0.400. The molecule has 0 saturated carbocycles. The van der Waals surface area contributed by atoms with Gasteiger partial charge in [-0.2, -0.15) is 5.26 Å². The first kappa shape index (κ1) is 21.7. The predicted octanol–water partition coefficient (Wildman–Crippen LogP) is 4.77. The number of carbonyl (C=O) groups excluding carboxylic acids is 1. The number of anilines is 1. The largest absolute Gasteiger partial charge is 0.444 e. The Labute approximate surface area is 188 Å². The van der Waals surface area contributed by atoms with Crippen LogP contribution in [0.3, 0.4) is 0 Å². The van der Waals surface area contributed by atoms with E-state index in [0.717, 1.165) is 35.4 Å². The van der Waals surface area contributed by atoms with Crippen molar-refractivity contribution >= 4 is 23.1 Å². The lowest BCUT2D eigenvalue weighted by atomic mass is 10.1. The Hall–Kier alpha value is -3.53. The summed E-state index contributed by atoms with van der Waals surface area (Å²) >= 11 is 0. The molecule has 7 heteroatoms. The molecule has 0 spiro atoms. The summed E-state index contributed by atoms with van der Waals surface area (Å²) in [5.74, 6) is 0.784. The fourth-order valence-corrected chi connectivity index (χ4v) is 3.98. The van der Waals surface area contributed by atoms with Gasteiger partial charge < -0.3 is 19.5 Å². The van der Waals surface area contributed by atoms with Crippen LogP contribution >= 0.6 is 0 Å². The Kier molecular flexibility index (Phi) is 6.04. The minimum absolute atomic E-state index is 0.0906. The first-order valence-corrected chi connectivity index (χ1v) is 11.0. The first-order chi connectivity index (χ1) is 15.3. The second-order valence-corrected chi connectivity index (χ2v) is 9.23. The topological polar surface area (TPSA) is 83.2 Å². The number of likely N-dealkylation sites (tertiary alicyclic amines) is 1. The summed E-state index contributed by atoms with van der Waals surface area (Å²) in [6.07, 6.45) is 1.60. The van der Waals surface area contributed by atoms with Crippen LogP contribution in [-0.4, -0.2) is 45.3 Å². The summed E-state index contributed by atoms with van der Waals surface area (Å²) in [5, 5.41) is 12.6. The Bertz CT molecular complexity index is 1140. The number of ether oxygens (including phenoxy) is 1. The van der Waals surface area contributed by atoms with Crippen molar-refractivity contribution in [1.82, 2.24) is 14.5 Å². The lowest BCUT2D eigenvalue weighted by Gasteiger charge is -2.34. The monoisotopic (exact) mass is 431 g/mol. The molecule has 7 nitrogen and oxygen atoms in total. The molecule has 32 heavy (non-hydrogen) atoms. The maximum absolute atomic E-state index is 12.5. The molecule has 0 aliphatic carbocycles. The number of rotatable bonds is 4. The molecule has 1 fully saturated rings. The molecular weight excluding hydrogens is 402 g/mol. The normalized spacial score (nSPS) is 16.6. The molecule has 3 aromatic rings. The van der Waals surface area contributed by atoms with Gasteiger partial charge in [0.05, 0.1) is 29.2 Å². The van der Waals surface area contributed by atoms with Crippen molar-refractivity contribution in [2.24, 2.45) is 0 Å². The van der Waals surface area contributed by atoms with E-state index in [0.29, 0.717) is 25.2 Å². The molecule has 4 rings (SSSR count). The van der Waals surface area contributed by atoms with E-state index < -0.39 is 5.60 Å². The summed E-state index contributed by atoms with van der Waals surface area (Å²) in [4.78, 5) is 19.2. The van der Waals surface area contributed by atoms with Gasteiger partial charge in [-0.25, -0.2) is 9.78 Å². The average Bonchev–Trinajstić information content (AvgIpc) is 3.10. The molecule has 1 aliphatic rings. The van der Waals surface area contributed by atoms with Crippen LogP contribution in [-0.2, 0) is 11.3 Å². The second-order valence-electron chi connectivity index (χ2n) is 9.23. The van der Waals surface area contributed by atoms with E-state index in [9.17, 15) is 4.79 Å². The van der Waals surface area contributed by atoms with Crippen LogP contribution < -0.4 is 5.32 Å². The summed E-state index contributed by atoms with van der Waals surface area (Å²) < 4.78 is 7.72. The highest BCUT2D eigenvalue weighted by Crippen LogP contribution is 2.24. The smallest absolute Gasteiger partial charge is 0.410 e. The molecule has 0 unspecified atom stereocenters. The summed E-state index contributed by atoms with van der Waals surface area (Å²) in [5.41, 5.74) is 3.19. The number of piperidine rings is 1. The van der Waals surface area contributed by atoms with Gasteiger partial charge in [0.2, 0.25) is 5.95 Å².